The summed E-state index contributed by atoms with van der Waals surface area (Å²) in [5.74, 6) is -0.114. The van der Waals surface area contributed by atoms with Crippen LogP contribution in [0.2, 0.25) is 0 Å². The maximum absolute atomic E-state index is 7.93. The number of guanidine groups is 3. The molecule has 90 valence electrons. The van der Waals surface area contributed by atoms with Crippen molar-refractivity contribution in [2.45, 2.75) is 0 Å². The predicted molar refractivity (Wildman–Crippen MR) is 64.7 cm³/mol. The summed E-state index contributed by atoms with van der Waals surface area (Å²) in [6.07, 6.45) is 0. The minimum Gasteiger partial charge on any atom is -0.370 e. The molecule has 0 aliphatic carbocycles. The normalized spacial score (nSPS) is 14.6. The second-order valence-electron chi connectivity index (χ2n) is 2.92. The minimum absolute atomic E-state index is 0.264. The smallest absolute Gasteiger partial charge is 0.284 e. The fraction of sp³-hybridized carbons (Fsp3) is 0.400. The Hall–Kier alpha value is -1.96. The van der Waals surface area contributed by atoms with Gasteiger partial charge in [0.25, 0.3) is 7.51 Å². The molecule has 1 aliphatic rings. The number of hydrogen-bond acceptors (Lipinski definition) is 3. The molecule has 0 aromatic carbocycles. The first-order chi connectivity index (χ1) is 7.41. The second-order valence-corrected chi connectivity index (χ2v) is 4.75. The van der Waals surface area contributed by atoms with E-state index in [4.69, 9.17) is 28.1 Å². The van der Waals surface area contributed by atoms with Crippen molar-refractivity contribution >= 4 is 25.4 Å². The van der Waals surface area contributed by atoms with E-state index in [-0.39, 0.29) is 11.9 Å². The van der Waals surface area contributed by atoms with Crippen LogP contribution in [0.3, 0.4) is 0 Å². The first kappa shape index (κ1) is 12.1. The zero-order chi connectivity index (χ0) is 12.2. The monoisotopic (exact) mass is 246 g/mol. The second kappa shape index (κ2) is 4.71. The molecule has 16 heavy (non-hydrogen) atoms. The van der Waals surface area contributed by atoms with Crippen LogP contribution in [0.5, 0.6) is 0 Å². The Morgan fingerprint density at radius 3 is 2.25 bits per heavy atom. The molecule has 10 nitrogen and oxygen atoms in total. The summed E-state index contributed by atoms with van der Waals surface area (Å²) in [6.45, 7) is 1.30. The molecule has 0 atom stereocenters. The van der Waals surface area contributed by atoms with Crippen molar-refractivity contribution in [2.24, 2.45) is 37.5 Å². The van der Waals surface area contributed by atoms with Gasteiger partial charge in [0.1, 0.15) is 0 Å². The van der Waals surface area contributed by atoms with Gasteiger partial charge in [-0.05, 0) is 0 Å². The molecule has 1 aliphatic heterocycles. The van der Waals surface area contributed by atoms with Crippen LogP contribution in [0.4, 0.5) is 0 Å². The number of nitrogens with one attached hydrogen (secondary N) is 3. The molecule has 0 saturated carbocycles. The highest BCUT2D eigenvalue weighted by Gasteiger charge is 2.19. The van der Waals surface area contributed by atoms with Crippen LogP contribution in [-0.4, -0.2) is 31.0 Å². The van der Waals surface area contributed by atoms with Gasteiger partial charge in [0.15, 0.2) is 17.9 Å². The zero-order valence-corrected chi connectivity index (χ0v) is 9.41. The highest BCUT2D eigenvalue weighted by atomic mass is 31.2. The highest BCUT2D eigenvalue weighted by molar-refractivity contribution is 7.61. The SMILES string of the molecule is N=P(N=C(N)N)(N=C(N)N)NC1=NCCN1. The third-order valence-corrected chi connectivity index (χ3v) is 3.02. The number of nitrogens with zero attached hydrogens (tertiary/aromatic N) is 3. The molecule has 0 bridgehead atoms. The molecule has 1 rings (SSSR count). The number of nitrogens with two attached hydrogens (primary N) is 4. The summed E-state index contributed by atoms with van der Waals surface area (Å²) >= 11 is 0. The molecule has 0 amide bonds. The standard InChI is InChI=1S/C5H15N10P/c6-3(7)13-16(10,14-4(8)9)15-5-11-1-2-12-5/h1-2H2,(H11,6,7,8,9,10,11,12,13,14,15). The van der Waals surface area contributed by atoms with Gasteiger partial charge < -0.3 is 28.3 Å². The van der Waals surface area contributed by atoms with Crippen molar-refractivity contribution in [3.8, 4) is 0 Å². The molecule has 0 aromatic heterocycles. The Labute approximate surface area is 92.3 Å². The van der Waals surface area contributed by atoms with E-state index < -0.39 is 7.51 Å². The van der Waals surface area contributed by atoms with Crippen molar-refractivity contribution in [1.82, 2.24) is 10.4 Å². The van der Waals surface area contributed by atoms with Crippen LogP contribution in [0.25, 0.3) is 0 Å². The van der Waals surface area contributed by atoms with Gasteiger partial charge in [0.2, 0.25) is 0 Å². The van der Waals surface area contributed by atoms with Crippen LogP contribution in [0.1, 0.15) is 0 Å². The van der Waals surface area contributed by atoms with Gasteiger partial charge in [-0.3, -0.25) is 15.2 Å². The van der Waals surface area contributed by atoms with Crippen LogP contribution < -0.4 is 33.3 Å². The van der Waals surface area contributed by atoms with Gasteiger partial charge in [0.05, 0.1) is 6.54 Å². The van der Waals surface area contributed by atoms with Crippen LogP contribution in [0, 0.1) is 5.16 Å². The summed E-state index contributed by atoms with van der Waals surface area (Å²) < 4.78 is 7.37. The van der Waals surface area contributed by atoms with E-state index in [9.17, 15) is 0 Å². The molecule has 1 heterocycles. The quantitative estimate of drug-likeness (QED) is 0.165. The van der Waals surface area contributed by atoms with Crippen molar-refractivity contribution in [2.75, 3.05) is 13.1 Å². The molecule has 0 spiro atoms. The first-order valence-electron chi connectivity index (χ1n) is 4.34. The molecular weight excluding hydrogens is 231 g/mol. The van der Waals surface area contributed by atoms with Gasteiger partial charge in [-0.25, -0.2) is 0 Å². The summed E-state index contributed by atoms with van der Waals surface area (Å²) in [7, 11) is -3.15. The van der Waals surface area contributed by atoms with E-state index >= 15 is 0 Å². The van der Waals surface area contributed by atoms with E-state index in [1.807, 2.05) is 0 Å². The number of rotatable bonds is 3. The van der Waals surface area contributed by atoms with Gasteiger partial charge >= 0.3 is 0 Å². The number of aliphatic imine (C=N–C) groups is 1. The Morgan fingerprint density at radius 1 is 1.31 bits per heavy atom. The Morgan fingerprint density at radius 2 is 1.88 bits per heavy atom. The van der Waals surface area contributed by atoms with Gasteiger partial charge in [-0.2, -0.15) is 9.53 Å². The van der Waals surface area contributed by atoms with E-state index in [0.717, 1.165) is 0 Å². The van der Waals surface area contributed by atoms with Crippen molar-refractivity contribution in [1.29, 1.82) is 5.16 Å². The lowest BCUT2D eigenvalue weighted by Gasteiger charge is -2.15. The van der Waals surface area contributed by atoms with Crippen LogP contribution in [0.15, 0.2) is 14.5 Å². The largest absolute Gasteiger partial charge is 0.370 e. The average molecular weight is 246 g/mol. The zero-order valence-electron chi connectivity index (χ0n) is 8.51. The summed E-state index contributed by atoms with van der Waals surface area (Å²) in [6, 6.07) is 0. The van der Waals surface area contributed by atoms with E-state index in [1.54, 1.807) is 0 Å². The van der Waals surface area contributed by atoms with Crippen LogP contribution in [-0.2, 0) is 0 Å². The first-order valence-corrected chi connectivity index (χ1v) is 6.04. The van der Waals surface area contributed by atoms with E-state index in [2.05, 4.69) is 24.9 Å². The van der Waals surface area contributed by atoms with E-state index in [1.165, 1.54) is 0 Å². The van der Waals surface area contributed by atoms with Gasteiger partial charge in [0, 0.05) is 6.54 Å². The fourth-order valence-electron chi connectivity index (χ4n) is 1.03. The predicted octanol–water partition coefficient (Wildman–Crippen LogP) is -2.39. The third kappa shape index (κ3) is 3.65. The maximum Gasteiger partial charge on any atom is 0.284 e. The lowest BCUT2D eigenvalue weighted by molar-refractivity contribution is 0.952. The fourth-order valence-corrected chi connectivity index (χ4v) is 2.29. The van der Waals surface area contributed by atoms with Crippen molar-refractivity contribution in [3.05, 3.63) is 0 Å². The minimum atomic E-state index is -3.15. The Kier molecular flexibility index (Phi) is 3.56. The van der Waals surface area contributed by atoms with Gasteiger partial charge in [-0.15, -0.1) is 0 Å². The Balaban J connectivity index is 2.91. The van der Waals surface area contributed by atoms with Crippen LogP contribution >= 0.6 is 7.51 Å². The molecule has 11 N–H and O–H groups in total. The molecule has 11 heteroatoms. The summed E-state index contributed by atoms with van der Waals surface area (Å²) in [5.41, 5.74) is 20.9. The summed E-state index contributed by atoms with van der Waals surface area (Å²) in [5, 5.41) is 13.5. The lowest BCUT2D eigenvalue weighted by Crippen LogP contribution is -2.33. The molecule has 0 unspecified atom stereocenters. The molecule has 0 saturated heterocycles. The maximum atomic E-state index is 7.93. The third-order valence-electron chi connectivity index (χ3n) is 1.46. The molecule has 0 fully saturated rings. The topological polar surface area (TPSA) is 189 Å². The molecular formula is C5H15N10P. The lowest BCUT2D eigenvalue weighted by atomic mass is 10.7. The van der Waals surface area contributed by atoms with E-state index in [0.29, 0.717) is 19.0 Å². The Bertz CT molecular complexity index is 364. The summed E-state index contributed by atoms with van der Waals surface area (Å²) in [4.78, 5) is 4.04. The average Bonchev–Trinajstić information content (AvgIpc) is 2.51. The molecule has 0 aromatic rings. The highest BCUT2D eigenvalue weighted by Crippen LogP contribution is 2.44. The number of hydrogen-bond donors (Lipinski definition) is 7. The van der Waals surface area contributed by atoms with Crippen molar-refractivity contribution < 1.29 is 0 Å². The van der Waals surface area contributed by atoms with Gasteiger partial charge in [-0.1, -0.05) is 0 Å². The van der Waals surface area contributed by atoms with Crippen molar-refractivity contribution in [3.63, 3.8) is 0 Å². The molecule has 0 radical (unpaired) electrons.